The van der Waals surface area contributed by atoms with Crippen LogP contribution in [0.4, 0.5) is 0 Å². The van der Waals surface area contributed by atoms with E-state index in [9.17, 15) is 4.79 Å². The zero-order chi connectivity index (χ0) is 14.9. The van der Waals surface area contributed by atoms with E-state index in [1.165, 1.54) is 0 Å². The molecule has 2 N–H and O–H groups in total. The van der Waals surface area contributed by atoms with Crippen LogP contribution >= 0.6 is 0 Å². The molecule has 2 aliphatic heterocycles. The van der Waals surface area contributed by atoms with E-state index in [0.29, 0.717) is 24.0 Å². The number of amides is 1. The standard InChI is InChI=1S/C15H18N4O3/c20-15(9-6-10-3-4-11(7-9)22-10)16-8-13-17-14(19-18-13)12-2-1-5-21-12/h1-2,5,9-11H,3-4,6-8H2,(H,16,20)(H,17,18,19)/t9?,10-,11+. The average Bonchev–Trinajstić information content (AvgIpc) is 3.25. The first-order valence-electron chi connectivity index (χ1n) is 7.66. The van der Waals surface area contributed by atoms with Crippen LogP contribution in [0.25, 0.3) is 11.6 Å². The van der Waals surface area contributed by atoms with Crippen molar-refractivity contribution >= 4 is 5.91 Å². The lowest BCUT2D eigenvalue weighted by Crippen LogP contribution is -2.37. The normalized spacial score (nSPS) is 27.0. The summed E-state index contributed by atoms with van der Waals surface area (Å²) in [4.78, 5) is 16.6. The van der Waals surface area contributed by atoms with Crippen molar-refractivity contribution in [3.63, 3.8) is 0 Å². The molecule has 3 atom stereocenters. The first kappa shape index (κ1) is 13.5. The predicted molar refractivity (Wildman–Crippen MR) is 76.6 cm³/mol. The molecule has 2 bridgehead atoms. The maximum absolute atomic E-state index is 12.3. The molecule has 2 aromatic rings. The monoisotopic (exact) mass is 302 g/mol. The van der Waals surface area contributed by atoms with E-state index in [1.807, 2.05) is 0 Å². The Morgan fingerprint density at radius 1 is 1.36 bits per heavy atom. The molecule has 1 amide bonds. The molecule has 0 aliphatic carbocycles. The molecule has 0 radical (unpaired) electrons. The van der Waals surface area contributed by atoms with E-state index in [4.69, 9.17) is 9.15 Å². The summed E-state index contributed by atoms with van der Waals surface area (Å²) in [5.41, 5.74) is 0. The summed E-state index contributed by atoms with van der Waals surface area (Å²) in [5, 5.41) is 9.84. The van der Waals surface area contributed by atoms with Crippen LogP contribution in [0.3, 0.4) is 0 Å². The molecular formula is C15H18N4O3. The van der Waals surface area contributed by atoms with Gasteiger partial charge in [0.05, 0.1) is 25.0 Å². The van der Waals surface area contributed by atoms with Crippen molar-refractivity contribution in [2.75, 3.05) is 0 Å². The Morgan fingerprint density at radius 3 is 2.91 bits per heavy atom. The van der Waals surface area contributed by atoms with Crippen molar-refractivity contribution in [1.29, 1.82) is 0 Å². The lowest BCUT2D eigenvalue weighted by Gasteiger charge is -2.27. The number of aromatic amines is 1. The average molecular weight is 302 g/mol. The highest BCUT2D eigenvalue weighted by molar-refractivity contribution is 5.78. The number of aromatic nitrogens is 3. The second-order valence-corrected chi connectivity index (χ2v) is 5.93. The maximum Gasteiger partial charge on any atom is 0.223 e. The zero-order valence-electron chi connectivity index (χ0n) is 12.1. The number of rotatable bonds is 4. The number of fused-ring (bicyclic) bond motifs is 2. The summed E-state index contributed by atoms with van der Waals surface area (Å²) in [7, 11) is 0. The quantitative estimate of drug-likeness (QED) is 0.895. The molecule has 1 unspecified atom stereocenters. The number of carbonyl (C=O) groups is 1. The van der Waals surface area contributed by atoms with Gasteiger partial charge < -0.3 is 14.5 Å². The fourth-order valence-corrected chi connectivity index (χ4v) is 3.28. The predicted octanol–water partition coefficient (Wildman–Crippen LogP) is 1.64. The molecule has 2 aromatic heterocycles. The molecule has 0 saturated carbocycles. The van der Waals surface area contributed by atoms with Crippen molar-refractivity contribution in [2.45, 2.75) is 44.4 Å². The van der Waals surface area contributed by atoms with Crippen LogP contribution in [-0.4, -0.2) is 33.3 Å². The highest BCUT2D eigenvalue weighted by Crippen LogP contribution is 2.35. The van der Waals surface area contributed by atoms with Gasteiger partial charge in [-0.05, 0) is 37.8 Å². The molecule has 7 nitrogen and oxygen atoms in total. The molecule has 4 heterocycles. The number of hydrogen-bond acceptors (Lipinski definition) is 5. The summed E-state index contributed by atoms with van der Waals surface area (Å²) in [6.45, 7) is 0.346. The van der Waals surface area contributed by atoms with E-state index < -0.39 is 0 Å². The van der Waals surface area contributed by atoms with Crippen LogP contribution in [0.2, 0.25) is 0 Å². The minimum absolute atomic E-state index is 0.0544. The van der Waals surface area contributed by atoms with Gasteiger partial charge in [-0.1, -0.05) is 0 Å². The first-order valence-corrected chi connectivity index (χ1v) is 7.66. The van der Waals surface area contributed by atoms with Gasteiger partial charge in [0, 0.05) is 5.92 Å². The summed E-state index contributed by atoms with van der Waals surface area (Å²) < 4.78 is 11.0. The van der Waals surface area contributed by atoms with E-state index in [0.717, 1.165) is 25.7 Å². The Morgan fingerprint density at radius 2 is 2.18 bits per heavy atom. The van der Waals surface area contributed by atoms with Gasteiger partial charge >= 0.3 is 0 Å². The highest BCUT2D eigenvalue weighted by atomic mass is 16.5. The van der Waals surface area contributed by atoms with Gasteiger partial charge in [0.2, 0.25) is 11.7 Å². The lowest BCUT2D eigenvalue weighted by molar-refractivity contribution is -0.130. The van der Waals surface area contributed by atoms with Crippen molar-refractivity contribution in [1.82, 2.24) is 20.5 Å². The number of ether oxygens (including phenoxy) is 1. The van der Waals surface area contributed by atoms with Crippen LogP contribution in [0, 0.1) is 5.92 Å². The van der Waals surface area contributed by atoms with Gasteiger partial charge in [-0.25, -0.2) is 4.98 Å². The van der Waals surface area contributed by atoms with Crippen molar-refractivity contribution < 1.29 is 13.9 Å². The molecule has 0 aromatic carbocycles. The molecule has 2 saturated heterocycles. The topological polar surface area (TPSA) is 93.0 Å². The van der Waals surface area contributed by atoms with Crippen molar-refractivity contribution in [3.8, 4) is 11.6 Å². The molecule has 22 heavy (non-hydrogen) atoms. The summed E-state index contributed by atoms with van der Waals surface area (Å²) >= 11 is 0. The molecule has 2 fully saturated rings. The molecule has 4 rings (SSSR count). The fourth-order valence-electron chi connectivity index (χ4n) is 3.28. The third kappa shape index (κ3) is 2.64. The van der Waals surface area contributed by atoms with Gasteiger partial charge in [0.1, 0.15) is 5.82 Å². The number of furan rings is 1. The van der Waals surface area contributed by atoms with Crippen LogP contribution in [0.1, 0.15) is 31.5 Å². The number of H-pyrrole nitrogens is 1. The van der Waals surface area contributed by atoms with Gasteiger partial charge in [-0.15, -0.1) is 5.10 Å². The second kappa shape index (κ2) is 5.57. The lowest BCUT2D eigenvalue weighted by atomic mass is 9.95. The minimum atomic E-state index is 0.0544. The molecule has 0 spiro atoms. The number of nitrogens with zero attached hydrogens (tertiary/aromatic N) is 2. The fraction of sp³-hybridized carbons (Fsp3) is 0.533. The first-order chi connectivity index (χ1) is 10.8. The summed E-state index contributed by atoms with van der Waals surface area (Å²) in [6, 6.07) is 3.58. The van der Waals surface area contributed by atoms with Crippen LogP contribution < -0.4 is 5.32 Å². The Kier molecular flexibility index (Phi) is 3.42. The molecular weight excluding hydrogens is 284 g/mol. The SMILES string of the molecule is O=C(NCc1nc(-c2ccco2)n[nH]1)C1C[C@H]2CC[C@@H](C1)O2. The summed E-state index contributed by atoms with van der Waals surface area (Å²) in [6.07, 6.45) is 5.95. The van der Waals surface area contributed by atoms with Crippen molar-refractivity contribution in [3.05, 3.63) is 24.2 Å². The highest BCUT2D eigenvalue weighted by Gasteiger charge is 2.37. The Bertz CT molecular complexity index is 640. The van der Waals surface area contributed by atoms with E-state index >= 15 is 0 Å². The third-order valence-corrected chi connectivity index (χ3v) is 4.36. The Balaban J connectivity index is 1.33. The second-order valence-electron chi connectivity index (χ2n) is 5.93. The Hall–Kier alpha value is -2.15. The van der Waals surface area contributed by atoms with Crippen LogP contribution in [0.15, 0.2) is 22.8 Å². The van der Waals surface area contributed by atoms with Gasteiger partial charge in [0.15, 0.2) is 5.76 Å². The molecule has 116 valence electrons. The summed E-state index contributed by atoms with van der Waals surface area (Å²) in [5.74, 6) is 1.86. The molecule has 2 aliphatic rings. The van der Waals surface area contributed by atoms with Crippen LogP contribution in [0.5, 0.6) is 0 Å². The minimum Gasteiger partial charge on any atom is -0.461 e. The number of carbonyl (C=O) groups excluding carboxylic acids is 1. The largest absolute Gasteiger partial charge is 0.461 e. The third-order valence-electron chi connectivity index (χ3n) is 4.36. The smallest absolute Gasteiger partial charge is 0.223 e. The van der Waals surface area contributed by atoms with Gasteiger partial charge in [-0.2, -0.15) is 0 Å². The van der Waals surface area contributed by atoms with E-state index in [2.05, 4.69) is 20.5 Å². The van der Waals surface area contributed by atoms with Crippen molar-refractivity contribution in [2.24, 2.45) is 5.92 Å². The zero-order valence-corrected chi connectivity index (χ0v) is 12.1. The van der Waals surface area contributed by atoms with Gasteiger partial charge in [0.25, 0.3) is 0 Å². The molecule has 7 heteroatoms. The van der Waals surface area contributed by atoms with E-state index in [1.54, 1.807) is 18.4 Å². The Labute approximate surface area is 127 Å². The number of hydrogen-bond donors (Lipinski definition) is 2. The number of nitrogens with one attached hydrogen (secondary N) is 2. The van der Waals surface area contributed by atoms with E-state index in [-0.39, 0.29) is 24.0 Å². The maximum atomic E-state index is 12.3. The van der Waals surface area contributed by atoms with Crippen LogP contribution in [-0.2, 0) is 16.1 Å². The van der Waals surface area contributed by atoms with Gasteiger partial charge in [-0.3, -0.25) is 9.89 Å².